The highest BCUT2D eigenvalue weighted by molar-refractivity contribution is 4.95. The smallest absolute Gasteiger partial charge is 0.0828 e. The lowest BCUT2D eigenvalue weighted by molar-refractivity contribution is 0.291. The van der Waals surface area contributed by atoms with Gasteiger partial charge in [0.2, 0.25) is 0 Å². The van der Waals surface area contributed by atoms with Gasteiger partial charge in [0.25, 0.3) is 0 Å². The Morgan fingerprint density at radius 1 is 1.67 bits per heavy atom. The van der Waals surface area contributed by atoms with Crippen molar-refractivity contribution in [1.82, 2.24) is 10.2 Å². The van der Waals surface area contributed by atoms with E-state index in [1.165, 1.54) is 13.0 Å². The van der Waals surface area contributed by atoms with Crippen molar-refractivity contribution < 1.29 is 4.74 Å². The van der Waals surface area contributed by atoms with Crippen LogP contribution in [0, 0.1) is 6.04 Å². The largest absolute Gasteiger partial charge is 0.373 e. The molecule has 12 heavy (non-hydrogen) atoms. The molecule has 1 atom stereocenters. The molecule has 0 aromatic rings. The molecule has 1 radical (unpaired) electrons. The van der Waals surface area contributed by atoms with Gasteiger partial charge in [-0.05, 0) is 12.8 Å². The molecule has 0 aromatic carbocycles. The topological polar surface area (TPSA) is 27.8 Å². The van der Waals surface area contributed by atoms with Crippen molar-refractivity contribution in [1.29, 1.82) is 0 Å². The lowest BCUT2D eigenvalue weighted by Gasteiger charge is -2.23. The highest BCUT2D eigenvalue weighted by Crippen LogP contribution is 2.26. The minimum atomic E-state index is 0.542. The number of ether oxygens (including phenoxy) is 1. The van der Waals surface area contributed by atoms with Gasteiger partial charge in [-0.15, -0.1) is 0 Å². The van der Waals surface area contributed by atoms with E-state index in [1.807, 2.05) is 0 Å². The van der Waals surface area contributed by atoms with Crippen molar-refractivity contribution in [2.24, 2.45) is 0 Å². The fraction of sp³-hybridized carbons (Fsp3) is 0.889. The van der Waals surface area contributed by atoms with Crippen LogP contribution in [0.1, 0.15) is 19.8 Å². The van der Waals surface area contributed by atoms with Crippen LogP contribution in [0.5, 0.6) is 0 Å². The average molecular weight is 169 g/mol. The summed E-state index contributed by atoms with van der Waals surface area (Å²) in [7, 11) is 0. The Labute approximate surface area is 74.1 Å². The van der Waals surface area contributed by atoms with E-state index in [-0.39, 0.29) is 0 Å². The van der Waals surface area contributed by atoms with Crippen molar-refractivity contribution in [3.63, 3.8) is 0 Å². The minimum Gasteiger partial charge on any atom is -0.373 e. The average Bonchev–Trinajstić information content (AvgIpc) is 2.74. The highest BCUT2D eigenvalue weighted by Gasteiger charge is 2.30. The van der Waals surface area contributed by atoms with E-state index < -0.39 is 0 Å². The Hall–Kier alpha value is -0.120. The molecule has 0 amide bonds. The van der Waals surface area contributed by atoms with E-state index in [0.29, 0.717) is 6.10 Å². The quantitative estimate of drug-likeness (QED) is 0.624. The van der Waals surface area contributed by atoms with E-state index >= 15 is 0 Å². The molecule has 2 fully saturated rings. The van der Waals surface area contributed by atoms with Gasteiger partial charge in [0, 0.05) is 25.8 Å². The normalized spacial score (nSPS) is 30.0. The van der Waals surface area contributed by atoms with Crippen LogP contribution in [0.3, 0.4) is 0 Å². The van der Waals surface area contributed by atoms with Gasteiger partial charge in [-0.3, -0.25) is 4.90 Å². The highest BCUT2D eigenvalue weighted by atomic mass is 16.6. The number of hydrogen-bond donors (Lipinski definition) is 1. The minimum absolute atomic E-state index is 0.542. The molecule has 0 bridgehead atoms. The van der Waals surface area contributed by atoms with Crippen molar-refractivity contribution in [2.75, 3.05) is 26.4 Å². The Morgan fingerprint density at radius 3 is 3.00 bits per heavy atom. The van der Waals surface area contributed by atoms with Crippen LogP contribution in [0.25, 0.3) is 0 Å². The first kappa shape index (κ1) is 8.48. The van der Waals surface area contributed by atoms with Gasteiger partial charge >= 0.3 is 0 Å². The van der Waals surface area contributed by atoms with Gasteiger partial charge < -0.3 is 10.1 Å². The predicted octanol–water partition coefficient (Wildman–Crippen LogP) is 0.580. The van der Waals surface area contributed by atoms with E-state index in [2.05, 4.69) is 17.1 Å². The Balaban J connectivity index is 1.78. The summed E-state index contributed by atoms with van der Waals surface area (Å²) in [5.41, 5.74) is 0. The number of nitrogens with one attached hydrogen (secondary N) is 1. The zero-order chi connectivity index (χ0) is 8.39. The number of rotatable bonds is 4. The Morgan fingerprint density at radius 2 is 2.50 bits per heavy atom. The second-order valence-electron chi connectivity index (χ2n) is 3.50. The molecule has 2 aliphatic rings. The summed E-state index contributed by atoms with van der Waals surface area (Å²) < 4.78 is 5.23. The summed E-state index contributed by atoms with van der Waals surface area (Å²) in [6, 6.07) is 1.56. The van der Waals surface area contributed by atoms with Gasteiger partial charge in [-0.2, -0.15) is 0 Å². The first-order valence-electron chi connectivity index (χ1n) is 4.82. The number of hydrogen-bond acceptors (Lipinski definition) is 3. The third-order valence-electron chi connectivity index (χ3n) is 2.58. The molecule has 0 spiro atoms. The van der Waals surface area contributed by atoms with E-state index in [0.717, 1.165) is 26.2 Å². The van der Waals surface area contributed by atoms with Gasteiger partial charge in [0.1, 0.15) is 0 Å². The molecule has 2 heterocycles. The van der Waals surface area contributed by atoms with E-state index in [9.17, 15) is 0 Å². The first-order chi connectivity index (χ1) is 5.90. The molecule has 2 saturated heterocycles. The summed E-state index contributed by atoms with van der Waals surface area (Å²) in [4.78, 5) is 2.45. The molecule has 0 saturated carbocycles. The molecule has 1 unspecified atom stereocenters. The van der Waals surface area contributed by atoms with Crippen molar-refractivity contribution in [3.8, 4) is 0 Å². The van der Waals surface area contributed by atoms with Crippen molar-refractivity contribution in [2.45, 2.75) is 25.9 Å². The van der Waals surface area contributed by atoms with Crippen LogP contribution in [0.2, 0.25) is 0 Å². The maximum absolute atomic E-state index is 5.23. The fourth-order valence-corrected chi connectivity index (χ4v) is 1.72. The molecule has 0 aliphatic carbocycles. The standard InChI is InChI=1S/C9H17N2O/c1-2-8(5-9-6-12-9)11-4-3-10-7-11/h9-10H,2-7H2,1H3. The van der Waals surface area contributed by atoms with Crippen LogP contribution in [-0.2, 0) is 4.74 Å². The number of epoxide rings is 1. The summed E-state index contributed by atoms with van der Waals surface area (Å²) in [6.07, 6.45) is 2.86. The first-order valence-corrected chi connectivity index (χ1v) is 4.82. The number of nitrogens with zero attached hydrogens (tertiary/aromatic N) is 1. The van der Waals surface area contributed by atoms with Gasteiger partial charge in [-0.25, -0.2) is 0 Å². The van der Waals surface area contributed by atoms with Crippen LogP contribution < -0.4 is 5.32 Å². The van der Waals surface area contributed by atoms with Gasteiger partial charge in [0.05, 0.1) is 12.7 Å². The molecular weight excluding hydrogens is 152 g/mol. The van der Waals surface area contributed by atoms with Crippen molar-refractivity contribution >= 4 is 0 Å². The third kappa shape index (κ3) is 1.97. The zero-order valence-electron chi connectivity index (χ0n) is 7.68. The van der Waals surface area contributed by atoms with Gasteiger partial charge in [-0.1, -0.05) is 6.92 Å². The maximum Gasteiger partial charge on any atom is 0.0828 e. The summed E-state index contributed by atoms with van der Waals surface area (Å²) in [5.74, 6) is 0. The lowest BCUT2D eigenvalue weighted by Crippen LogP contribution is -2.28. The van der Waals surface area contributed by atoms with Crippen LogP contribution >= 0.6 is 0 Å². The molecule has 0 aromatic heterocycles. The van der Waals surface area contributed by atoms with Crippen LogP contribution in [0.4, 0.5) is 0 Å². The van der Waals surface area contributed by atoms with E-state index in [4.69, 9.17) is 4.74 Å². The Bertz CT molecular complexity index is 141. The van der Waals surface area contributed by atoms with Crippen LogP contribution in [0.15, 0.2) is 0 Å². The molecule has 69 valence electrons. The summed E-state index contributed by atoms with van der Waals surface area (Å²) in [6.45, 7) is 6.56. The second kappa shape index (κ2) is 3.73. The van der Waals surface area contributed by atoms with Gasteiger partial charge in [0.15, 0.2) is 0 Å². The third-order valence-corrected chi connectivity index (χ3v) is 2.58. The molecule has 3 nitrogen and oxygen atoms in total. The molecule has 1 N–H and O–H groups in total. The predicted molar refractivity (Wildman–Crippen MR) is 47.5 cm³/mol. The zero-order valence-corrected chi connectivity index (χ0v) is 7.68. The fourth-order valence-electron chi connectivity index (χ4n) is 1.72. The molecular formula is C9H17N2O. The second-order valence-corrected chi connectivity index (χ2v) is 3.50. The van der Waals surface area contributed by atoms with E-state index in [1.54, 1.807) is 6.04 Å². The van der Waals surface area contributed by atoms with Crippen LogP contribution in [-0.4, -0.2) is 37.4 Å². The lowest BCUT2D eigenvalue weighted by atomic mass is 10.1. The SMILES string of the molecule is CC[C](CC1CO1)N1CCNC1. The molecule has 2 rings (SSSR count). The maximum atomic E-state index is 5.23. The Kier molecular flexibility index (Phi) is 2.63. The molecule has 2 aliphatic heterocycles. The summed E-state index contributed by atoms with van der Waals surface area (Å²) >= 11 is 0. The van der Waals surface area contributed by atoms with Crippen molar-refractivity contribution in [3.05, 3.63) is 6.04 Å². The molecule has 3 heteroatoms. The summed E-state index contributed by atoms with van der Waals surface area (Å²) in [5, 5.41) is 3.35. The monoisotopic (exact) mass is 169 g/mol.